The van der Waals surface area contributed by atoms with Crippen molar-refractivity contribution >= 4 is 11.6 Å². The van der Waals surface area contributed by atoms with Crippen molar-refractivity contribution in [3.63, 3.8) is 0 Å². The number of hydrogen-bond acceptors (Lipinski definition) is 4. The van der Waals surface area contributed by atoms with Gasteiger partial charge in [0, 0.05) is 59.7 Å². The van der Waals surface area contributed by atoms with Gasteiger partial charge in [-0.2, -0.15) is 0 Å². The Kier molecular flexibility index (Phi) is 9.58. The predicted molar refractivity (Wildman–Crippen MR) is 117 cm³/mol. The molecule has 6 nitrogen and oxygen atoms in total. The van der Waals surface area contributed by atoms with E-state index in [2.05, 4.69) is 61.3 Å². The second kappa shape index (κ2) is 11.9. The Morgan fingerprint density at radius 3 is 2.64 bits per heavy atom. The molecule has 1 aromatic rings. The summed E-state index contributed by atoms with van der Waals surface area (Å²) in [5, 5.41) is 3.46. The van der Waals surface area contributed by atoms with Crippen molar-refractivity contribution in [1.29, 1.82) is 0 Å². The molecule has 0 saturated carbocycles. The third-order valence-corrected chi connectivity index (χ3v) is 5.04. The number of nitrogens with zero attached hydrogens (tertiary/aromatic N) is 3. The Morgan fingerprint density at radius 1 is 1.25 bits per heavy atom. The number of rotatable bonds is 9. The Labute approximate surface area is 170 Å². The van der Waals surface area contributed by atoms with E-state index in [0.717, 1.165) is 58.1 Å². The number of guanidine groups is 1. The average Bonchev–Trinajstić information content (AvgIpc) is 2.69. The molecule has 1 saturated heterocycles. The van der Waals surface area contributed by atoms with Gasteiger partial charge in [-0.05, 0) is 50.3 Å². The summed E-state index contributed by atoms with van der Waals surface area (Å²) in [7, 11) is 5.91. The van der Waals surface area contributed by atoms with E-state index in [4.69, 9.17) is 14.5 Å². The highest BCUT2D eigenvalue weighted by Gasteiger charge is 2.22. The molecule has 0 aromatic heterocycles. The smallest absolute Gasteiger partial charge is 0.194 e. The fourth-order valence-electron chi connectivity index (χ4n) is 3.50. The van der Waals surface area contributed by atoms with Crippen LogP contribution in [0.2, 0.25) is 0 Å². The molecule has 0 amide bonds. The molecule has 0 spiro atoms. The van der Waals surface area contributed by atoms with Gasteiger partial charge >= 0.3 is 0 Å². The third kappa shape index (κ3) is 6.99. The van der Waals surface area contributed by atoms with Crippen LogP contribution in [0.1, 0.15) is 37.3 Å². The Hall–Kier alpha value is -1.79. The lowest BCUT2D eigenvalue weighted by Crippen LogP contribution is -2.47. The normalized spacial score (nSPS) is 15.8. The number of aryl methyl sites for hydroxylation is 1. The monoisotopic (exact) mass is 390 g/mol. The molecule has 1 aromatic carbocycles. The lowest BCUT2D eigenvalue weighted by atomic mass is 10.1. The summed E-state index contributed by atoms with van der Waals surface area (Å²) in [5.74, 6) is 1.01. The number of likely N-dealkylation sites (tertiary alicyclic amines) is 1. The van der Waals surface area contributed by atoms with Crippen LogP contribution in [0.4, 0.5) is 5.69 Å². The Morgan fingerprint density at radius 2 is 2.00 bits per heavy atom. The van der Waals surface area contributed by atoms with Crippen LogP contribution in [0.5, 0.6) is 0 Å². The van der Waals surface area contributed by atoms with Crippen LogP contribution in [-0.2, 0) is 16.0 Å². The summed E-state index contributed by atoms with van der Waals surface area (Å²) in [6.07, 6.45) is 3.41. The van der Waals surface area contributed by atoms with E-state index < -0.39 is 0 Å². The van der Waals surface area contributed by atoms with E-state index in [-0.39, 0.29) is 0 Å². The zero-order valence-electron chi connectivity index (χ0n) is 18.3. The number of methoxy groups -OCH3 is 1. The quantitative estimate of drug-likeness (QED) is 0.399. The maximum absolute atomic E-state index is 5.98. The molecule has 1 aliphatic heterocycles. The van der Waals surface area contributed by atoms with Crippen molar-refractivity contribution in [2.75, 3.05) is 59.0 Å². The molecule has 0 bridgehead atoms. The molecule has 6 heteroatoms. The Bertz CT molecular complexity index is 611. The van der Waals surface area contributed by atoms with Gasteiger partial charge in [-0.1, -0.05) is 12.1 Å². The van der Waals surface area contributed by atoms with Gasteiger partial charge in [0.25, 0.3) is 0 Å². The van der Waals surface area contributed by atoms with Crippen LogP contribution in [0, 0.1) is 6.92 Å². The zero-order chi connectivity index (χ0) is 20.4. The molecule has 1 heterocycles. The Balaban J connectivity index is 1.95. The van der Waals surface area contributed by atoms with Crippen LogP contribution in [-0.4, -0.2) is 71.0 Å². The maximum Gasteiger partial charge on any atom is 0.194 e. The van der Waals surface area contributed by atoms with Gasteiger partial charge in [0.15, 0.2) is 5.96 Å². The third-order valence-electron chi connectivity index (χ3n) is 5.04. The van der Waals surface area contributed by atoms with Crippen LogP contribution in [0.25, 0.3) is 0 Å². The van der Waals surface area contributed by atoms with Gasteiger partial charge in [-0.15, -0.1) is 0 Å². The first-order valence-corrected chi connectivity index (χ1v) is 10.5. The number of aliphatic imine (C=N–C) groups is 1. The van der Waals surface area contributed by atoms with Gasteiger partial charge in [0.05, 0.1) is 12.6 Å². The summed E-state index contributed by atoms with van der Waals surface area (Å²) >= 11 is 0. The minimum absolute atomic E-state index is 0.355. The number of benzene rings is 1. The highest BCUT2D eigenvalue weighted by molar-refractivity contribution is 5.80. The number of piperidine rings is 1. The molecule has 158 valence electrons. The number of hydrogen-bond donors (Lipinski definition) is 1. The van der Waals surface area contributed by atoms with Gasteiger partial charge in [0.1, 0.15) is 0 Å². The van der Waals surface area contributed by atoms with Crippen LogP contribution in [0.15, 0.2) is 23.2 Å². The molecule has 2 rings (SSSR count). The minimum Gasteiger partial charge on any atom is -0.385 e. The molecule has 0 aliphatic carbocycles. The highest BCUT2D eigenvalue weighted by Crippen LogP contribution is 2.21. The minimum atomic E-state index is 0.355. The molecule has 0 atom stereocenters. The summed E-state index contributed by atoms with van der Waals surface area (Å²) in [6.45, 7) is 9.33. The fourth-order valence-corrected chi connectivity index (χ4v) is 3.50. The van der Waals surface area contributed by atoms with Crippen molar-refractivity contribution in [3.8, 4) is 0 Å². The molecule has 1 fully saturated rings. The first-order valence-electron chi connectivity index (χ1n) is 10.5. The van der Waals surface area contributed by atoms with Crippen molar-refractivity contribution in [2.24, 2.45) is 4.99 Å². The van der Waals surface area contributed by atoms with Crippen LogP contribution < -0.4 is 10.2 Å². The first-order chi connectivity index (χ1) is 13.5. The van der Waals surface area contributed by atoms with E-state index in [1.165, 1.54) is 16.8 Å². The topological polar surface area (TPSA) is 49.3 Å². The van der Waals surface area contributed by atoms with Gasteiger partial charge in [-0.25, -0.2) is 4.99 Å². The van der Waals surface area contributed by atoms with Crippen molar-refractivity contribution in [3.05, 3.63) is 29.3 Å². The molecule has 1 N–H and O–H groups in total. The summed E-state index contributed by atoms with van der Waals surface area (Å²) in [5.41, 5.74) is 3.76. The number of anilines is 1. The van der Waals surface area contributed by atoms with E-state index in [1.54, 1.807) is 7.11 Å². The zero-order valence-corrected chi connectivity index (χ0v) is 18.3. The van der Waals surface area contributed by atoms with Crippen molar-refractivity contribution < 1.29 is 9.47 Å². The molecule has 1 aliphatic rings. The number of ether oxygens (including phenoxy) is 2. The molecular formula is C22H38N4O2. The van der Waals surface area contributed by atoms with E-state index >= 15 is 0 Å². The fraction of sp³-hybridized carbons (Fsp3) is 0.682. The predicted octanol–water partition coefficient (Wildman–Crippen LogP) is 3.04. The second-order valence-electron chi connectivity index (χ2n) is 7.60. The molecule has 0 radical (unpaired) electrons. The van der Waals surface area contributed by atoms with Gasteiger partial charge in [0.2, 0.25) is 0 Å². The van der Waals surface area contributed by atoms with Gasteiger partial charge in [-0.3, -0.25) is 0 Å². The largest absolute Gasteiger partial charge is 0.385 e. The maximum atomic E-state index is 5.98. The standard InChI is InChI=1S/C22H38N4O2/c1-6-23-22(24-17-19-9-8-18(2)16-21(19)25(3)4)26-12-10-20(11-13-26)28-15-7-14-27-5/h8-9,16,20H,6-7,10-15,17H2,1-5H3,(H,23,24). The molecular weight excluding hydrogens is 352 g/mol. The van der Waals surface area contributed by atoms with Crippen LogP contribution in [0.3, 0.4) is 0 Å². The molecule has 28 heavy (non-hydrogen) atoms. The highest BCUT2D eigenvalue weighted by atomic mass is 16.5. The van der Waals surface area contributed by atoms with E-state index in [1.807, 2.05) is 0 Å². The first kappa shape index (κ1) is 22.5. The van der Waals surface area contributed by atoms with E-state index in [0.29, 0.717) is 12.6 Å². The number of nitrogens with one attached hydrogen (secondary N) is 1. The van der Waals surface area contributed by atoms with Crippen molar-refractivity contribution in [1.82, 2.24) is 10.2 Å². The lowest BCUT2D eigenvalue weighted by molar-refractivity contribution is 0.00990. The summed E-state index contributed by atoms with van der Waals surface area (Å²) in [4.78, 5) is 9.47. The SMILES string of the molecule is CCNC(=NCc1ccc(C)cc1N(C)C)N1CCC(OCCCOC)CC1. The lowest BCUT2D eigenvalue weighted by Gasteiger charge is -2.34. The van der Waals surface area contributed by atoms with E-state index in [9.17, 15) is 0 Å². The second-order valence-corrected chi connectivity index (χ2v) is 7.60. The van der Waals surface area contributed by atoms with Crippen molar-refractivity contribution in [2.45, 2.75) is 45.8 Å². The van der Waals surface area contributed by atoms with Gasteiger partial charge < -0.3 is 24.6 Å². The summed E-state index contributed by atoms with van der Waals surface area (Å²) in [6, 6.07) is 6.58. The van der Waals surface area contributed by atoms with Crippen LogP contribution >= 0.6 is 0 Å². The molecule has 0 unspecified atom stereocenters. The average molecular weight is 391 g/mol. The summed E-state index contributed by atoms with van der Waals surface area (Å²) < 4.78 is 11.1.